The highest BCUT2D eigenvalue weighted by Gasteiger charge is 2.13. The van der Waals surface area contributed by atoms with Crippen LogP contribution in [-0.4, -0.2) is 22.5 Å². The van der Waals surface area contributed by atoms with E-state index in [4.69, 9.17) is 21.3 Å². The van der Waals surface area contributed by atoms with Gasteiger partial charge in [-0.1, -0.05) is 0 Å². The molecule has 3 aromatic rings. The Labute approximate surface area is 133 Å². The third kappa shape index (κ3) is 2.78. The first-order valence-corrected chi connectivity index (χ1v) is 8.26. The SMILES string of the molecule is COc1ccc2c(c1)nc(CCCl)n2Cc1sccc1C. The molecule has 0 saturated carbocycles. The fourth-order valence-corrected chi connectivity index (χ4v) is 3.51. The zero-order valence-corrected chi connectivity index (χ0v) is 13.7. The fraction of sp³-hybridized carbons (Fsp3) is 0.312. The lowest BCUT2D eigenvalue weighted by Crippen LogP contribution is -2.05. The van der Waals surface area contributed by atoms with Gasteiger partial charge in [-0.05, 0) is 36.1 Å². The highest BCUT2D eigenvalue weighted by molar-refractivity contribution is 7.10. The molecule has 0 radical (unpaired) electrons. The molecular formula is C16H17ClN2OS. The number of hydrogen-bond acceptors (Lipinski definition) is 3. The van der Waals surface area contributed by atoms with E-state index in [2.05, 4.69) is 29.0 Å². The molecule has 0 unspecified atom stereocenters. The van der Waals surface area contributed by atoms with Gasteiger partial charge in [0.2, 0.25) is 0 Å². The summed E-state index contributed by atoms with van der Waals surface area (Å²) in [6, 6.07) is 8.18. The molecular weight excluding hydrogens is 304 g/mol. The van der Waals surface area contributed by atoms with Crippen molar-refractivity contribution in [2.24, 2.45) is 0 Å². The second kappa shape index (κ2) is 6.08. The van der Waals surface area contributed by atoms with E-state index in [1.54, 1.807) is 18.4 Å². The van der Waals surface area contributed by atoms with Gasteiger partial charge in [-0.15, -0.1) is 22.9 Å². The topological polar surface area (TPSA) is 27.1 Å². The van der Waals surface area contributed by atoms with Crippen LogP contribution in [0.5, 0.6) is 5.75 Å². The van der Waals surface area contributed by atoms with Crippen LogP contribution in [0, 0.1) is 6.92 Å². The number of imidazole rings is 1. The van der Waals surface area contributed by atoms with E-state index in [-0.39, 0.29) is 0 Å². The number of thiophene rings is 1. The Hall–Kier alpha value is -1.52. The molecule has 0 bridgehead atoms. The summed E-state index contributed by atoms with van der Waals surface area (Å²) in [4.78, 5) is 6.09. The van der Waals surface area contributed by atoms with E-state index in [1.807, 2.05) is 12.1 Å². The maximum absolute atomic E-state index is 5.93. The van der Waals surface area contributed by atoms with Crippen LogP contribution in [0.1, 0.15) is 16.3 Å². The molecule has 2 heterocycles. The molecule has 110 valence electrons. The highest BCUT2D eigenvalue weighted by atomic mass is 35.5. The minimum Gasteiger partial charge on any atom is -0.497 e. The van der Waals surface area contributed by atoms with Crippen molar-refractivity contribution in [2.75, 3.05) is 13.0 Å². The van der Waals surface area contributed by atoms with Crippen molar-refractivity contribution in [3.63, 3.8) is 0 Å². The molecule has 3 nitrogen and oxygen atoms in total. The Morgan fingerprint density at radius 3 is 2.86 bits per heavy atom. The van der Waals surface area contributed by atoms with Crippen molar-refractivity contribution in [1.29, 1.82) is 0 Å². The number of halogens is 1. The Bertz CT molecular complexity index is 763. The summed E-state index contributed by atoms with van der Waals surface area (Å²) in [6.45, 7) is 2.99. The number of fused-ring (bicyclic) bond motifs is 1. The second-order valence-electron chi connectivity index (χ2n) is 4.93. The Balaban J connectivity index is 2.09. The first kappa shape index (κ1) is 14.4. The van der Waals surface area contributed by atoms with Crippen molar-refractivity contribution in [1.82, 2.24) is 9.55 Å². The van der Waals surface area contributed by atoms with Crippen LogP contribution in [0.4, 0.5) is 0 Å². The van der Waals surface area contributed by atoms with Crippen LogP contribution in [0.2, 0.25) is 0 Å². The number of hydrogen-bond donors (Lipinski definition) is 0. The van der Waals surface area contributed by atoms with Gasteiger partial charge in [-0.3, -0.25) is 0 Å². The average molecular weight is 321 g/mol. The third-order valence-corrected chi connectivity index (χ3v) is 4.82. The second-order valence-corrected chi connectivity index (χ2v) is 6.31. The van der Waals surface area contributed by atoms with Gasteiger partial charge in [0.05, 0.1) is 24.7 Å². The zero-order valence-electron chi connectivity index (χ0n) is 12.1. The summed E-state index contributed by atoms with van der Waals surface area (Å²) in [5, 5.41) is 2.13. The van der Waals surface area contributed by atoms with E-state index < -0.39 is 0 Å². The maximum Gasteiger partial charge on any atom is 0.121 e. The summed E-state index contributed by atoms with van der Waals surface area (Å²) in [5.74, 6) is 2.43. The summed E-state index contributed by atoms with van der Waals surface area (Å²) < 4.78 is 7.54. The van der Waals surface area contributed by atoms with Gasteiger partial charge >= 0.3 is 0 Å². The van der Waals surface area contributed by atoms with Crippen LogP contribution in [0.3, 0.4) is 0 Å². The molecule has 2 aromatic heterocycles. The molecule has 0 saturated heterocycles. The van der Waals surface area contributed by atoms with Crippen molar-refractivity contribution in [2.45, 2.75) is 19.9 Å². The summed E-state index contributed by atoms with van der Waals surface area (Å²) in [7, 11) is 1.67. The highest BCUT2D eigenvalue weighted by Crippen LogP contribution is 2.25. The van der Waals surface area contributed by atoms with Crippen molar-refractivity contribution in [3.8, 4) is 5.75 Å². The molecule has 0 aliphatic carbocycles. The van der Waals surface area contributed by atoms with E-state index in [0.29, 0.717) is 5.88 Å². The first-order valence-electron chi connectivity index (χ1n) is 6.85. The van der Waals surface area contributed by atoms with E-state index in [9.17, 15) is 0 Å². The predicted molar refractivity (Wildman–Crippen MR) is 88.9 cm³/mol. The number of nitrogens with zero attached hydrogens (tertiary/aromatic N) is 2. The first-order chi connectivity index (χ1) is 10.2. The maximum atomic E-state index is 5.93. The average Bonchev–Trinajstić information content (AvgIpc) is 3.04. The number of benzene rings is 1. The molecule has 0 aliphatic heterocycles. The molecule has 1 aromatic carbocycles. The van der Waals surface area contributed by atoms with Gasteiger partial charge in [0.15, 0.2) is 0 Å². The van der Waals surface area contributed by atoms with Crippen LogP contribution in [-0.2, 0) is 13.0 Å². The number of alkyl halides is 1. The molecule has 5 heteroatoms. The predicted octanol–water partition coefficient (Wildman–Crippen LogP) is 4.24. The lowest BCUT2D eigenvalue weighted by atomic mass is 10.2. The molecule has 0 aliphatic rings. The van der Waals surface area contributed by atoms with Crippen LogP contribution in [0.25, 0.3) is 11.0 Å². The lowest BCUT2D eigenvalue weighted by Gasteiger charge is -2.08. The molecule has 3 rings (SSSR count). The summed E-state index contributed by atoms with van der Waals surface area (Å²) in [5.41, 5.74) is 3.42. The third-order valence-electron chi connectivity index (χ3n) is 3.62. The number of rotatable bonds is 5. The van der Waals surface area contributed by atoms with Gasteiger partial charge in [0, 0.05) is 23.2 Å². The van der Waals surface area contributed by atoms with Gasteiger partial charge in [0.1, 0.15) is 11.6 Å². The molecule has 0 fully saturated rings. The molecule has 0 spiro atoms. The van der Waals surface area contributed by atoms with Gasteiger partial charge < -0.3 is 9.30 Å². The van der Waals surface area contributed by atoms with Crippen molar-refractivity contribution in [3.05, 3.63) is 45.9 Å². The minimum atomic E-state index is 0.573. The van der Waals surface area contributed by atoms with Crippen LogP contribution in [0.15, 0.2) is 29.6 Å². The van der Waals surface area contributed by atoms with Crippen LogP contribution < -0.4 is 4.74 Å². The molecule has 0 atom stereocenters. The molecule has 0 N–H and O–H groups in total. The minimum absolute atomic E-state index is 0.573. The summed E-state index contributed by atoms with van der Waals surface area (Å²) >= 11 is 7.72. The van der Waals surface area contributed by atoms with Gasteiger partial charge in [-0.2, -0.15) is 0 Å². The van der Waals surface area contributed by atoms with Gasteiger partial charge in [-0.25, -0.2) is 4.98 Å². The fourth-order valence-electron chi connectivity index (χ4n) is 2.45. The van der Waals surface area contributed by atoms with E-state index in [1.165, 1.54) is 10.4 Å². The standard InChI is InChI=1S/C16H17ClN2OS/c1-11-6-8-21-15(11)10-19-14-4-3-12(20-2)9-13(14)18-16(19)5-7-17/h3-4,6,8-9H,5,7,10H2,1-2H3. The Kier molecular flexibility index (Phi) is 4.17. The molecule has 21 heavy (non-hydrogen) atoms. The van der Waals surface area contributed by atoms with Crippen molar-refractivity contribution < 1.29 is 4.74 Å². The number of aryl methyl sites for hydroxylation is 2. The zero-order chi connectivity index (χ0) is 14.8. The van der Waals surface area contributed by atoms with Gasteiger partial charge in [0.25, 0.3) is 0 Å². The van der Waals surface area contributed by atoms with E-state index >= 15 is 0 Å². The number of methoxy groups -OCH3 is 1. The largest absolute Gasteiger partial charge is 0.497 e. The smallest absolute Gasteiger partial charge is 0.121 e. The lowest BCUT2D eigenvalue weighted by molar-refractivity contribution is 0.415. The normalized spacial score (nSPS) is 11.2. The Morgan fingerprint density at radius 2 is 2.19 bits per heavy atom. The number of aromatic nitrogens is 2. The quantitative estimate of drug-likeness (QED) is 0.657. The number of ether oxygens (including phenoxy) is 1. The molecule has 0 amide bonds. The van der Waals surface area contributed by atoms with Crippen LogP contribution >= 0.6 is 22.9 Å². The van der Waals surface area contributed by atoms with E-state index in [0.717, 1.165) is 35.6 Å². The summed E-state index contributed by atoms with van der Waals surface area (Å²) in [6.07, 6.45) is 0.767. The monoisotopic (exact) mass is 320 g/mol. The Morgan fingerprint density at radius 1 is 1.33 bits per heavy atom. The van der Waals surface area contributed by atoms with Crippen molar-refractivity contribution >= 4 is 34.0 Å².